The van der Waals surface area contributed by atoms with E-state index < -0.39 is 77.1 Å². The number of thioether (sulfide) groups is 1. The number of aromatic nitrogens is 1. The zero-order valence-electron chi connectivity index (χ0n) is 30.7. The minimum Gasteiger partial charge on any atom is -0.368 e. The molecule has 0 spiro atoms. The van der Waals surface area contributed by atoms with E-state index in [0.29, 0.717) is 25.0 Å². The van der Waals surface area contributed by atoms with Crippen LogP contribution in [0.15, 0.2) is 30.5 Å². The van der Waals surface area contributed by atoms with Gasteiger partial charge in [-0.1, -0.05) is 32.0 Å². The minimum atomic E-state index is -1.56. The lowest BCUT2D eigenvalue weighted by Crippen LogP contribution is -2.63. The van der Waals surface area contributed by atoms with Crippen LogP contribution < -0.4 is 38.1 Å². The molecule has 3 rings (SSSR count). The van der Waals surface area contributed by atoms with E-state index in [1.165, 1.54) is 37.4 Å². The lowest BCUT2D eigenvalue weighted by atomic mass is 9.99. The van der Waals surface area contributed by atoms with Gasteiger partial charge in [0.15, 0.2) is 0 Å². The number of primary amides is 1. The van der Waals surface area contributed by atoms with E-state index in [9.17, 15) is 33.6 Å². The molecule has 1 fully saturated rings. The first-order chi connectivity index (χ1) is 24.5. The van der Waals surface area contributed by atoms with Crippen molar-refractivity contribution < 1.29 is 33.6 Å². The Hall–Kier alpha value is -4.64. The summed E-state index contributed by atoms with van der Waals surface area (Å²) in [5.41, 5.74) is 10.9. The molecule has 2 heterocycles. The second-order valence-corrected chi connectivity index (χ2v) is 14.8. The smallest absolute Gasteiger partial charge is 0.246 e. The van der Waals surface area contributed by atoms with Crippen LogP contribution >= 0.6 is 11.8 Å². The Morgan fingerprint density at radius 1 is 0.981 bits per heavy atom. The van der Waals surface area contributed by atoms with E-state index in [1.54, 1.807) is 20.0 Å². The van der Waals surface area contributed by atoms with Crippen LogP contribution in [0.25, 0.3) is 10.9 Å². The summed E-state index contributed by atoms with van der Waals surface area (Å²) < 4.78 is 0. The maximum Gasteiger partial charge on any atom is 0.246 e. The summed E-state index contributed by atoms with van der Waals surface area (Å²) in [6.07, 6.45) is 4.88. The average Bonchev–Trinajstić information content (AvgIpc) is 3.75. The van der Waals surface area contributed by atoms with Gasteiger partial charge in [-0.15, -0.1) is 0 Å². The molecule has 286 valence electrons. The van der Waals surface area contributed by atoms with Gasteiger partial charge in [0.25, 0.3) is 0 Å². The summed E-state index contributed by atoms with van der Waals surface area (Å²) >= 11 is 1.49. The highest BCUT2D eigenvalue weighted by Gasteiger charge is 2.41. The second-order valence-electron chi connectivity index (χ2n) is 13.9. The van der Waals surface area contributed by atoms with Crippen molar-refractivity contribution in [3.05, 3.63) is 36.0 Å². The van der Waals surface area contributed by atoms with Crippen LogP contribution in [0.1, 0.15) is 59.4 Å². The fraction of sp³-hybridized carbons (Fsp3) is 0.571. The molecule has 16 nitrogen and oxygen atoms in total. The monoisotopic (exact) mass is 743 g/mol. The van der Waals surface area contributed by atoms with Crippen molar-refractivity contribution in [1.29, 1.82) is 0 Å². The standard InChI is InChI=1S/C35H53N9O7S/c1-19(2)28(29(37)46)42-32(49)26-12-9-14-44(26)33(50)25(16-21-18-38-23-11-8-7-10-22(21)23)41-34(51)35(4,5)43-30(47)20(3)39-31(48)24(13-15-52-6)40-27(45)17-36/h7-8,10-11,18-20,24-26,28,38H,9,12-17,36H2,1-6H3,(H2,37,46)(H,39,48)(H,40,45)(H,41,51)(H,42,49)(H,43,47)/t20-,24-,25+,26+,28+/m0/s1. The van der Waals surface area contributed by atoms with Crippen molar-refractivity contribution in [2.75, 3.05) is 25.1 Å². The zero-order valence-corrected chi connectivity index (χ0v) is 31.5. The van der Waals surface area contributed by atoms with Gasteiger partial charge in [-0.2, -0.15) is 11.8 Å². The van der Waals surface area contributed by atoms with Crippen LogP contribution in [0.5, 0.6) is 0 Å². The van der Waals surface area contributed by atoms with Gasteiger partial charge < -0.3 is 47.9 Å². The van der Waals surface area contributed by atoms with Crippen LogP contribution in [-0.4, -0.2) is 112 Å². The normalized spacial score (nSPS) is 16.8. The van der Waals surface area contributed by atoms with Gasteiger partial charge in [-0.05, 0) is 69.6 Å². The number of H-pyrrole nitrogens is 1. The molecule has 7 amide bonds. The highest BCUT2D eigenvalue weighted by molar-refractivity contribution is 7.98. The number of nitrogens with two attached hydrogens (primary N) is 2. The van der Waals surface area contributed by atoms with Crippen LogP contribution in [0, 0.1) is 5.92 Å². The molecular formula is C35H53N9O7S. The van der Waals surface area contributed by atoms with Crippen LogP contribution in [0.4, 0.5) is 0 Å². The second kappa shape index (κ2) is 18.7. The Bertz CT molecular complexity index is 1630. The molecule has 5 atom stereocenters. The van der Waals surface area contributed by atoms with Gasteiger partial charge in [-0.25, -0.2) is 0 Å². The predicted molar refractivity (Wildman–Crippen MR) is 198 cm³/mol. The van der Waals surface area contributed by atoms with Crippen LogP contribution in [-0.2, 0) is 40.0 Å². The van der Waals surface area contributed by atoms with Crippen LogP contribution in [0.2, 0.25) is 0 Å². The van der Waals surface area contributed by atoms with Crippen LogP contribution in [0.3, 0.4) is 0 Å². The fourth-order valence-corrected chi connectivity index (χ4v) is 6.46. The molecular weight excluding hydrogens is 691 g/mol. The Balaban J connectivity index is 1.80. The maximum absolute atomic E-state index is 14.3. The quantitative estimate of drug-likeness (QED) is 0.0970. The highest BCUT2D eigenvalue weighted by Crippen LogP contribution is 2.24. The Labute approximate surface area is 308 Å². The van der Waals surface area contributed by atoms with Crippen molar-refractivity contribution in [2.24, 2.45) is 17.4 Å². The summed E-state index contributed by atoms with van der Waals surface area (Å²) in [6.45, 7) is 7.83. The van der Waals surface area contributed by atoms with Gasteiger partial charge >= 0.3 is 0 Å². The Morgan fingerprint density at radius 3 is 2.31 bits per heavy atom. The number of fused-ring (bicyclic) bond motifs is 1. The van der Waals surface area contributed by atoms with Gasteiger partial charge in [-0.3, -0.25) is 33.6 Å². The first-order valence-corrected chi connectivity index (χ1v) is 18.8. The third kappa shape index (κ3) is 10.9. The average molecular weight is 744 g/mol. The number of aromatic amines is 1. The molecule has 1 aromatic heterocycles. The molecule has 17 heteroatoms. The summed E-state index contributed by atoms with van der Waals surface area (Å²) in [6, 6.07) is 2.55. The van der Waals surface area contributed by atoms with Gasteiger partial charge in [0.2, 0.25) is 41.4 Å². The van der Waals surface area contributed by atoms with E-state index >= 15 is 0 Å². The number of rotatable bonds is 18. The van der Waals surface area contributed by atoms with E-state index in [2.05, 4.69) is 31.6 Å². The van der Waals surface area contributed by atoms with Crippen molar-refractivity contribution in [2.45, 2.75) is 96.1 Å². The largest absolute Gasteiger partial charge is 0.368 e. The summed E-state index contributed by atoms with van der Waals surface area (Å²) in [7, 11) is 0. The SMILES string of the molecule is CSCC[C@H](NC(=O)CN)C(=O)N[C@@H](C)C(=O)NC(C)(C)C(=O)N[C@H](Cc1c[nH]c2ccccc12)C(=O)N1CCC[C@@H]1C(=O)N[C@@H](C(N)=O)C(C)C. The van der Waals surface area contributed by atoms with Gasteiger partial charge in [0.05, 0.1) is 6.54 Å². The molecule has 1 saturated heterocycles. The lowest BCUT2D eigenvalue weighted by molar-refractivity contribution is -0.143. The molecule has 0 aliphatic carbocycles. The number of nitrogens with one attached hydrogen (secondary N) is 6. The highest BCUT2D eigenvalue weighted by atomic mass is 32.2. The number of para-hydroxylation sites is 1. The number of hydrogen-bond acceptors (Lipinski definition) is 9. The lowest BCUT2D eigenvalue weighted by Gasteiger charge is -2.33. The predicted octanol–water partition coefficient (Wildman–Crippen LogP) is -0.592. The topological polar surface area (TPSA) is 251 Å². The first kappa shape index (κ1) is 41.8. The maximum atomic E-state index is 14.3. The molecule has 52 heavy (non-hydrogen) atoms. The molecule has 0 bridgehead atoms. The number of carbonyl (C=O) groups excluding carboxylic acids is 7. The number of amides is 7. The molecule has 0 radical (unpaired) electrons. The third-order valence-electron chi connectivity index (χ3n) is 9.02. The van der Waals surface area contributed by atoms with Crippen molar-refractivity contribution in [3.8, 4) is 0 Å². The van der Waals surface area contributed by atoms with E-state index in [1.807, 2.05) is 30.5 Å². The van der Waals surface area contributed by atoms with E-state index in [0.717, 1.165) is 16.5 Å². The molecule has 0 unspecified atom stereocenters. The number of hydrogen-bond donors (Lipinski definition) is 8. The van der Waals surface area contributed by atoms with E-state index in [4.69, 9.17) is 11.5 Å². The number of nitrogens with zero attached hydrogens (tertiary/aromatic N) is 1. The summed E-state index contributed by atoms with van der Waals surface area (Å²) in [4.78, 5) is 96.3. The number of benzene rings is 1. The van der Waals surface area contributed by atoms with Gasteiger partial charge in [0, 0.05) is 30.1 Å². The fourth-order valence-electron chi connectivity index (χ4n) is 5.99. The van der Waals surface area contributed by atoms with Gasteiger partial charge in [0.1, 0.15) is 35.7 Å². The number of carbonyl (C=O) groups is 7. The Morgan fingerprint density at radius 2 is 1.67 bits per heavy atom. The van der Waals surface area contributed by atoms with Crippen molar-refractivity contribution >= 4 is 64.0 Å². The zero-order chi connectivity index (χ0) is 38.7. The summed E-state index contributed by atoms with van der Waals surface area (Å²) in [5, 5.41) is 14.1. The molecule has 1 aliphatic rings. The molecule has 1 aromatic carbocycles. The molecule has 1 aliphatic heterocycles. The minimum absolute atomic E-state index is 0.0672. The number of likely N-dealkylation sites (tertiary alicyclic amines) is 1. The first-order valence-electron chi connectivity index (χ1n) is 17.4. The third-order valence-corrected chi connectivity index (χ3v) is 9.66. The van der Waals surface area contributed by atoms with Crippen molar-refractivity contribution in [3.63, 3.8) is 0 Å². The molecule has 10 N–H and O–H groups in total. The summed E-state index contributed by atoms with van der Waals surface area (Å²) in [5.74, 6) is -3.85. The Kier molecular flexibility index (Phi) is 15.0. The molecule has 2 aromatic rings. The molecule has 0 saturated carbocycles. The van der Waals surface area contributed by atoms with E-state index in [-0.39, 0.29) is 25.4 Å². The van der Waals surface area contributed by atoms with Crippen molar-refractivity contribution in [1.82, 2.24) is 36.5 Å².